The maximum atomic E-state index is 13.0. The summed E-state index contributed by atoms with van der Waals surface area (Å²) in [5.74, 6) is -1.01. The smallest absolute Gasteiger partial charge is 0.335 e. The van der Waals surface area contributed by atoms with E-state index in [2.05, 4.69) is 11.4 Å². The molecule has 0 radical (unpaired) electrons. The number of aryl methyl sites for hydroxylation is 2. The van der Waals surface area contributed by atoms with E-state index >= 15 is 0 Å². The van der Waals surface area contributed by atoms with Crippen LogP contribution in [0.2, 0.25) is 0 Å². The zero-order valence-corrected chi connectivity index (χ0v) is 18.6. The Bertz CT molecular complexity index is 1030. The highest BCUT2D eigenvalue weighted by Crippen LogP contribution is 2.24. The Hall–Kier alpha value is -3.40. The molecule has 0 saturated carbocycles. The van der Waals surface area contributed by atoms with E-state index in [9.17, 15) is 14.7 Å². The first-order valence-corrected chi connectivity index (χ1v) is 11.3. The summed E-state index contributed by atoms with van der Waals surface area (Å²) >= 11 is 0. The van der Waals surface area contributed by atoms with Gasteiger partial charge in [0.2, 0.25) is 5.91 Å². The number of nitrogens with one attached hydrogen (secondary N) is 1. The molecular weight excluding hydrogens is 398 g/mol. The molecule has 0 aliphatic rings. The van der Waals surface area contributed by atoms with Crippen LogP contribution in [-0.4, -0.2) is 17.0 Å². The second-order valence-corrected chi connectivity index (χ2v) is 8.04. The van der Waals surface area contributed by atoms with Gasteiger partial charge in [-0.05, 0) is 60.9 Å². The van der Waals surface area contributed by atoms with Crippen LogP contribution in [0.3, 0.4) is 0 Å². The van der Waals surface area contributed by atoms with Crippen molar-refractivity contribution >= 4 is 17.6 Å². The molecule has 0 spiro atoms. The number of hydrogen-bond acceptors (Lipinski definition) is 2. The van der Waals surface area contributed by atoms with Crippen molar-refractivity contribution in [2.45, 2.75) is 51.4 Å². The van der Waals surface area contributed by atoms with Gasteiger partial charge < -0.3 is 10.4 Å². The van der Waals surface area contributed by atoms with Crippen LogP contribution in [0.25, 0.3) is 0 Å². The van der Waals surface area contributed by atoms with E-state index < -0.39 is 5.97 Å². The van der Waals surface area contributed by atoms with Gasteiger partial charge in [0.25, 0.3) is 0 Å². The normalized spacial score (nSPS) is 11.7. The highest BCUT2D eigenvalue weighted by atomic mass is 16.4. The second-order valence-electron chi connectivity index (χ2n) is 8.04. The monoisotopic (exact) mass is 429 g/mol. The van der Waals surface area contributed by atoms with Crippen LogP contribution in [0.4, 0.5) is 5.69 Å². The summed E-state index contributed by atoms with van der Waals surface area (Å²) in [7, 11) is 0. The minimum absolute atomic E-state index is 0.0245. The first-order chi connectivity index (χ1) is 15.6. The third-order valence-electron chi connectivity index (χ3n) is 5.84. The van der Waals surface area contributed by atoms with Crippen molar-refractivity contribution in [3.8, 4) is 0 Å². The predicted octanol–water partition coefficient (Wildman–Crippen LogP) is 6.47. The van der Waals surface area contributed by atoms with Gasteiger partial charge in [0.05, 0.1) is 11.5 Å². The van der Waals surface area contributed by atoms with Crippen LogP contribution >= 0.6 is 0 Å². The molecule has 3 aromatic rings. The minimum atomic E-state index is -0.869. The molecule has 0 fully saturated rings. The lowest BCUT2D eigenvalue weighted by Gasteiger charge is -2.17. The van der Waals surface area contributed by atoms with Gasteiger partial charge in [-0.3, -0.25) is 4.79 Å². The van der Waals surface area contributed by atoms with Gasteiger partial charge in [-0.1, -0.05) is 80.1 Å². The summed E-state index contributed by atoms with van der Waals surface area (Å²) in [6.45, 7) is 2.03. The highest BCUT2D eigenvalue weighted by Gasteiger charge is 2.19. The molecule has 0 aromatic heterocycles. The number of rotatable bonds is 11. The molecule has 1 unspecified atom stereocenters. The lowest BCUT2D eigenvalue weighted by Crippen LogP contribution is -2.21. The van der Waals surface area contributed by atoms with Crippen LogP contribution in [0.5, 0.6) is 0 Å². The summed E-state index contributed by atoms with van der Waals surface area (Å²) < 4.78 is 0. The average Bonchev–Trinajstić information content (AvgIpc) is 2.81. The van der Waals surface area contributed by atoms with Crippen molar-refractivity contribution < 1.29 is 14.7 Å². The molecule has 0 saturated heterocycles. The Balaban J connectivity index is 1.54. The van der Waals surface area contributed by atoms with Crippen LogP contribution in [0.1, 0.15) is 65.6 Å². The highest BCUT2D eigenvalue weighted by molar-refractivity contribution is 5.96. The van der Waals surface area contributed by atoms with E-state index in [0.717, 1.165) is 60.9 Å². The number of hydrogen-bond donors (Lipinski definition) is 2. The van der Waals surface area contributed by atoms with Crippen molar-refractivity contribution in [2.75, 3.05) is 5.32 Å². The zero-order chi connectivity index (χ0) is 22.8. The molecule has 1 amide bonds. The Kier molecular flexibility index (Phi) is 8.61. The van der Waals surface area contributed by atoms with E-state index in [1.807, 2.05) is 67.6 Å². The number of carbonyl (C=O) groups is 2. The summed E-state index contributed by atoms with van der Waals surface area (Å²) in [6.07, 6.45) is 5.30. The maximum absolute atomic E-state index is 13.0. The van der Waals surface area contributed by atoms with E-state index in [4.69, 9.17) is 0 Å². The van der Waals surface area contributed by atoms with E-state index in [1.54, 1.807) is 12.1 Å². The van der Waals surface area contributed by atoms with Crippen molar-refractivity contribution in [3.05, 3.63) is 101 Å². The van der Waals surface area contributed by atoms with E-state index in [-0.39, 0.29) is 11.8 Å². The average molecular weight is 430 g/mol. The molecule has 3 aromatic carbocycles. The topological polar surface area (TPSA) is 66.4 Å². The first kappa shape index (κ1) is 23.3. The van der Waals surface area contributed by atoms with Crippen molar-refractivity contribution in [1.82, 2.24) is 0 Å². The van der Waals surface area contributed by atoms with Gasteiger partial charge in [-0.25, -0.2) is 4.79 Å². The van der Waals surface area contributed by atoms with Crippen LogP contribution in [0, 0.1) is 0 Å². The summed E-state index contributed by atoms with van der Waals surface area (Å²) in [6, 6.07) is 25.1. The van der Waals surface area contributed by atoms with Gasteiger partial charge in [0, 0.05) is 5.69 Å². The quantitative estimate of drug-likeness (QED) is 0.343. The molecule has 4 nitrogen and oxygen atoms in total. The van der Waals surface area contributed by atoms with Crippen molar-refractivity contribution in [2.24, 2.45) is 0 Å². The number of amides is 1. The van der Waals surface area contributed by atoms with Gasteiger partial charge in [0.15, 0.2) is 0 Å². The molecule has 0 aliphatic heterocycles. The lowest BCUT2D eigenvalue weighted by molar-refractivity contribution is -0.117. The van der Waals surface area contributed by atoms with Gasteiger partial charge in [-0.15, -0.1) is 0 Å². The molecule has 0 heterocycles. The molecule has 0 aliphatic carbocycles. The molecule has 4 heteroatoms. The van der Waals surface area contributed by atoms with Crippen LogP contribution in [0.15, 0.2) is 78.9 Å². The third-order valence-corrected chi connectivity index (χ3v) is 5.84. The van der Waals surface area contributed by atoms with Crippen molar-refractivity contribution in [3.63, 3.8) is 0 Å². The maximum Gasteiger partial charge on any atom is 0.335 e. The molecule has 166 valence electrons. The van der Waals surface area contributed by atoms with Crippen LogP contribution < -0.4 is 5.32 Å². The molecule has 1 atom stereocenters. The fourth-order valence-electron chi connectivity index (χ4n) is 4.09. The Labute approximate surface area is 190 Å². The number of anilines is 1. The largest absolute Gasteiger partial charge is 0.478 e. The summed E-state index contributed by atoms with van der Waals surface area (Å²) in [5, 5.41) is 12.5. The SMILES string of the molecule is CCC(C(=O)Nc1ccccc1CCCCCc1ccccc1C(=O)O)c1ccccc1. The molecular formula is C28H31NO3. The number of carboxylic acids is 1. The van der Waals surface area contributed by atoms with Gasteiger partial charge >= 0.3 is 5.97 Å². The van der Waals surface area contributed by atoms with Gasteiger partial charge in [-0.2, -0.15) is 0 Å². The Morgan fingerprint density at radius 2 is 1.38 bits per heavy atom. The summed E-state index contributed by atoms with van der Waals surface area (Å²) in [4.78, 5) is 24.3. The van der Waals surface area contributed by atoms with Crippen molar-refractivity contribution in [1.29, 1.82) is 0 Å². The lowest BCUT2D eigenvalue weighted by atomic mass is 9.95. The number of aromatic carboxylic acids is 1. The number of unbranched alkanes of at least 4 members (excludes halogenated alkanes) is 2. The molecule has 3 rings (SSSR count). The van der Waals surface area contributed by atoms with E-state index in [1.165, 1.54) is 0 Å². The Morgan fingerprint density at radius 1 is 0.781 bits per heavy atom. The number of carboxylic acid groups (broad SMARTS) is 1. The fourth-order valence-corrected chi connectivity index (χ4v) is 4.09. The molecule has 0 bridgehead atoms. The first-order valence-electron chi connectivity index (χ1n) is 11.3. The Morgan fingerprint density at radius 3 is 2.06 bits per heavy atom. The van der Waals surface area contributed by atoms with E-state index in [0.29, 0.717) is 5.56 Å². The molecule has 32 heavy (non-hydrogen) atoms. The van der Waals surface area contributed by atoms with Crippen LogP contribution in [-0.2, 0) is 17.6 Å². The number of carbonyl (C=O) groups excluding carboxylic acids is 1. The zero-order valence-electron chi connectivity index (χ0n) is 18.6. The fraction of sp³-hybridized carbons (Fsp3) is 0.286. The number of para-hydroxylation sites is 1. The standard InChI is InChI=1S/C28H31NO3/c1-2-24(21-13-5-3-6-14-21)27(30)29-26-20-12-10-18-23(26)17-8-4-7-15-22-16-9-11-19-25(22)28(31)32/h3,5-6,9-14,16,18-20,24H,2,4,7-8,15,17H2,1H3,(H,29,30)(H,31,32). The predicted molar refractivity (Wildman–Crippen MR) is 129 cm³/mol. The second kappa shape index (κ2) is 11.8. The molecule has 2 N–H and O–H groups in total. The summed E-state index contributed by atoms with van der Waals surface area (Å²) in [5.41, 5.74) is 4.33. The number of benzene rings is 3. The minimum Gasteiger partial charge on any atom is -0.478 e. The van der Waals surface area contributed by atoms with Gasteiger partial charge in [0.1, 0.15) is 0 Å². The third kappa shape index (κ3) is 6.30.